The van der Waals surface area contributed by atoms with Gasteiger partial charge in [0.2, 0.25) is 0 Å². The van der Waals surface area contributed by atoms with Crippen molar-refractivity contribution < 1.29 is 9.53 Å². The Morgan fingerprint density at radius 2 is 2.18 bits per heavy atom. The molecule has 0 spiro atoms. The zero-order valence-corrected chi connectivity index (χ0v) is 11.2. The predicted octanol–water partition coefficient (Wildman–Crippen LogP) is 1.85. The molecule has 0 aliphatic rings. The van der Waals surface area contributed by atoms with E-state index in [4.69, 9.17) is 5.73 Å². The first kappa shape index (κ1) is 11.9. The lowest BCUT2D eigenvalue weighted by atomic mass is 10.3. The van der Waals surface area contributed by atoms with Gasteiger partial charge in [0.1, 0.15) is 12.1 Å². The van der Waals surface area contributed by atoms with Crippen LogP contribution in [0.4, 0.5) is 5.82 Å². The molecule has 5 nitrogen and oxygen atoms in total. The fourth-order valence-corrected chi connectivity index (χ4v) is 2.10. The fourth-order valence-electron chi connectivity index (χ4n) is 1.45. The lowest BCUT2D eigenvalue weighted by Crippen LogP contribution is -2.08. The first-order chi connectivity index (χ1) is 8.15. The fraction of sp³-hybridized carbons (Fsp3) is 0.0909. The van der Waals surface area contributed by atoms with Gasteiger partial charge in [0.05, 0.1) is 12.8 Å². The summed E-state index contributed by atoms with van der Waals surface area (Å²) in [6, 6.07) is 7.68. The average molecular weight is 343 g/mol. The number of ether oxygens (including phenoxy) is 1. The minimum Gasteiger partial charge on any atom is -0.464 e. The number of imidazole rings is 1. The van der Waals surface area contributed by atoms with Gasteiger partial charge >= 0.3 is 5.97 Å². The minimum atomic E-state index is -0.535. The molecule has 88 valence electrons. The number of carbonyl (C=O) groups is 1. The Kier molecular flexibility index (Phi) is 3.32. The summed E-state index contributed by atoms with van der Waals surface area (Å²) in [4.78, 5) is 15.3. The summed E-state index contributed by atoms with van der Waals surface area (Å²) in [5, 5.41) is 0. The van der Waals surface area contributed by atoms with Gasteiger partial charge in [-0.2, -0.15) is 0 Å². The van der Waals surface area contributed by atoms with E-state index in [1.165, 1.54) is 13.4 Å². The maximum absolute atomic E-state index is 11.4. The Morgan fingerprint density at radius 1 is 1.47 bits per heavy atom. The van der Waals surface area contributed by atoms with Crippen LogP contribution in [0.5, 0.6) is 0 Å². The molecule has 17 heavy (non-hydrogen) atoms. The molecule has 0 aliphatic carbocycles. The van der Waals surface area contributed by atoms with Crippen molar-refractivity contribution in [3.05, 3.63) is 39.9 Å². The largest absolute Gasteiger partial charge is 0.464 e. The maximum atomic E-state index is 11.4. The van der Waals surface area contributed by atoms with Crippen molar-refractivity contribution in [2.24, 2.45) is 0 Å². The van der Waals surface area contributed by atoms with Crippen LogP contribution in [-0.2, 0) is 4.74 Å². The Labute approximate surface area is 112 Å². The second kappa shape index (κ2) is 4.74. The number of nitrogen functional groups attached to an aromatic ring is 1. The minimum absolute atomic E-state index is 0.132. The summed E-state index contributed by atoms with van der Waals surface area (Å²) in [5.74, 6) is -0.256. The number of halogens is 1. The van der Waals surface area contributed by atoms with Crippen LogP contribution in [0.15, 0.2) is 30.6 Å². The van der Waals surface area contributed by atoms with E-state index < -0.39 is 5.97 Å². The molecule has 1 heterocycles. The molecular weight excluding hydrogens is 333 g/mol. The van der Waals surface area contributed by atoms with Gasteiger partial charge in [-0.05, 0) is 34.7 Å². The highest BCUT2D eigenvalue weighted by atomic mass is 127. The van der Waals surface area contributed by atoms with Gasteiger partial charge in [0, 0.05) is 3.57 Å². The van der Waals surface area contributed by atoms with Crippen molar-refractivity contribution in [2.75, 3.05) is 12.8 Å². The summed E-state index contributed by atoms with van der Waals surface area (Å²) < 4.78 is 7.28. The lowest BCUT2D eigenvalue weighted by Gasteiger charge is -2.07. The van der Waals surface area contributed by atoms with Gasteiger partial charge < -0.3 is 10.5 Å². The first-order valence-electron chi connectivity index (χ1n) is 4.81. The zero-order chi connectivity index (χ0) is 12.4. The SMILES string of the molecule is COC(=O)c1ncn(-c2ccccc2I)c1N. The molecular formula is C11H10IN3O2. The molecule has 0 saturated carbocycles. The number of nitrogens with two attached hydrogens (primary N) is 1. The first-order valence-corrected chi connectivity index (χ1v) is 5.89. The molecule has 0 bridgehead atoms. The number of aromatic nitrogens is 2. The normalized spacial score (nSPS) is 10.2. The van der Waals surface area contributed by atoms with Crippen LogP contribution < -0.4 is 5.73 Å². The molecule has 0 fully saturated rings. The smallest absolute Gasteiger partial charge is 0.360 e. The zero-order valence-electron chi connectivity index (χ0n) is 9.05. The van der Waals surface area contributed by atoms with Crippen molar-refractivity contribution in [1.29, 1.82) is 0 Å². The molecule has 2 aromatic rings. The van der Waals surface area contributed by atoms with Crippen molar-refractivity contribution >= 4 is 34.4 Å². The third-order valence-corrected chi connectivity index (χ3v) is 3.21. The highest BCUT2D eigenvalue weighted by Crippen LogP contribution is 2.21. The maximum Gasteiger partial charge on any atom is 0.360 e. The van der Waals surface area contributed by atoms with Gasteiger partial charge in [0.25, 0.3) is 0 Å². The van der Waals surface area contributed by atoms with Gasteiger partial charge in [0.15, 0.2) is 5.69 Å². The van der Waals surface area contributed by atoms with E-state index in [2.05, 4.69) is 32.3 Å². The molecule has 0 amide bonds. The van der Waals surface area contributed by atoms with E-state index in [0.717, 1.165) is 9.26 Å². The molecule has 0 radical (unpaired) electrons. The van der Waals surface area contributed by atoms with Crippen LogP contribution in [0, 0.1) is 3.57 Å². The van der Waals surface area contributed by atoms with Gasteiger partial charge in [-0.3, -0.25) is 4.57 Å². The van der Waals surface area contributed by atoms with Crippen LogP contribution in [0.2, 0.25) is 0 Å². The van der Waals surface area contributed by atoms with Crippen LogP contribution in [-0.4, -0.2) is 22.6 Å². The number of anilines is 1. The van der Waals surface area contributed by atoms with E-state index in [1.54, 1.807) is 4.57 Å². The second-order valence-corrected chi connectivity index (χ2v) is 4.45. The monoisotopic (exact) mass is 343 g/mol. The van der Waals surface area contributed by atoms with Crippen LogP contribution in [0.1, 0.15) is 10.5 Å². The number of para-hydroxylation sites is 1. The number of esters is 1. The number of hydrogen-bond acceptors (Lipinski definition) is 4. The van der Waals surface area contributed by atoms with Crippen molar-refractivity contribution in [2.45, 2.75) is 0 Å². The second-order valence-electron chi connectivity index (χ2n) is 3.29. The summed E-state index contributed by atoms with van der Waals surface area (Å²) in [7, 11) is 1.30. The molecule has 0 aliphatic heterocycles. The Hall–Kier alpha value is -1.57. The summed E-state index contributed by atoms with van der Waals surface area (Å²) in [6.45, 7) is 0. The lowest BCUT2D eigenvalue weighted by molar-refractivity contribution is 0.0596. The van der Waals surface area contributed by atoms with E-state index in [-0.39, 0.29) is 11.5 Å². The Balaban J connectivity index is 2.52. The molecule has 2 rings (SSSR count). The average Bonchev–Trinajstić information content (AvgIpc) is 2.71. The van der Waals surface area contributed by atoms with E-state index >= 15 is 0 Å². The van der Waals surface area contributed by atoms with E-state index in [0.29, 0.717) is 0 Å². The predicted molar refractivity (Wildman–Crippen MR) is 72.0 cm³/mol. The summed E-state index contributed by atoms with van der Waals surface area (Å²) in [6.07, 6.45) is 1.51. The quantitative estimate of drug-likeness (QED) is 0.667. The van der Waals surface area contributed by atoms with Gasteiger partial charge in [-0.25, -0.2) is 9.78 Å². The number of methoxy groups -OCH3 is 1. The van der Waals surface area contributed by atoms with Crippen molar-refractivity contribution in [3.63, 3.8) is 0 Å². The number of benzene rings is 1. The molecule has 0 atom stereocenters. The standard InChI is InChI=1S/C11H10IN3O2/c1-17-11(16)9-10(13)15(6-14-9)8-5-3-2-4-7(8)12/h2-6H,13H2,1H3. The Morgan fingerprint density at radius 3 is 2.82 bits per heavy atom. The van der Waals surface area contributed by atoms with Crippen LogP contribution in [0.3, 0.4) is 0 Å². The molecule has 0 unspecified atom stereocenters. The summed E-state index contributed by atoms with van der Waals surface area (Å²) in [5.41, 5.74) is 6.89. The van der Waals surface area contributed by atoms with E-state index in [9.17, 15) is 4.79 Å². The topological polar surface area (TPSA) is 70.1 Å². The van der Waals surface area contributed by atoms with Gasteiger partial charge in [-0.15, -0.1) is 0 Å². The molecule has 1 aromatic carbocycles. The summed E-state index contributed by atoms with van der Waals surface area (Å²) >= 11 is 2.20. The van der Waals surface area contributed by atoms with Crippen molar-refractivity contribution in [1.82, 2.24) is 9.55 Å². The highest BCUT2D eigenvalue weighted by Gasteiger charge is 2.17. The van der Waals surface area contributed by atoms with Crippen LogP contribution in [0.25, 0.3) is 5.69 Å². The van der Waals surface area contributed by atoms with Gasteiger partial charge in [-0.1, -0.05) is 12.1 Å². The van der Waals surface area contributed by atoms with Crippen LogP contribution >= 0.6 is 22.6 Å². The number of hydrogen-bond donors (Lipinski definition) is 1. The highest BCUT2D eigenvalue weighted by molar-refractivity contribution is 14.1. The van der Waals surface area contributed by atoms with E-state index in [1.807, 2.05) is 24.3 Å². The molecule has 0 saturated heterocycles. The third-order valence-electron chi connectivity index (χ3n) is 2.30. The third kappa shape index (κ3) is 2.12. The molecule has 2 N–H and O–H groups in total. The Bertz CT molecular complexity index is 566. The molecule has 6 heteroatoms. The number of carbonyl (C=O) groups excluding carboxylic acids is 1. The van der Waals surface area contributed by atoms with Crippen molar-refractivity contribution in [3.8, 4) is 5.69 Å². The number of nitrogens with zero attached hydrogens (tertiary/aromatic N) is 2. The number of rotatable bonds is 2. The molecule has 1 aromatic heterocycles.